The maximum atomic E-state index is 12.5. The molecule has 144 valence electrons. The minimum absolute atomic E-state index is 0.123. The van der Waals surface area contributed by atoms with Crippen molar-refractivity contribution in [3.05, 3.63) is 28.3 Å². The van der Waals surface area contributed by atoms with E-state index in [2.05, 4.69) is 10.6 Å². The van der Waals surface area contributed by atoms with Crippen LogP contribution in [0.4, 0.5) is 11.4 Å². The summed E-state index contributed by atoms with van der Waals surface area (Å²) in [4.78, 5) is 35.6. The molecule has 1 rings (SSSR count). The number of non-ortho nitro benzene ring substituents is 1. The van der Waals surface area contributed by atoms with E-state index in [0.717, 1.165) is 0 Å². The molecular formula is C17H27N4O5+. The molecule has 26 heavy (non-hydrogen) atoms. The number of hydrogen-bond donors (Lipinski definition) is 3. The SMILES string of the molecule is COc1ccc([N+](=O)[O-])cc1NC(=O)[C@@H](C)[NH+](C)CC(=O)NC(C)(C)C. The first-order valence-electron chi connectivity index (χ1n) is 8.21. The van der Waals surface area contributed by atoms with Crippen LogP contribution in [0.15, 0.2) is 18.2 Å². The lowest BCUT2D eigenvalue weighted by atomic mass is 10.1. The first-order chi connectivity index (χ1) is 11.9. The van der Waals surface area contributed by atoms with Crippen LogP contribution in [-0.4, -0.2) is 49.0 Å². The van der Waals surface area contributed by atoms with Crippen LogP contribution in [-0.2, 0) is 9.59 Å². The van der Waals surface area contributed by atoms with Gasteiger partial charge in [0.05, 0.1) is 24.8 Å². The summed E-state index contributed by atoms with van der Waals surface area (Å²) in [5, 5.41) is 16.4. The van der Waals surface area contributed by atoms with Crippen LogP contribution in [0.5, 0.6) is 5.75 Å². The highest BCUT2D eigenvalue weighted by Gasteiger charge is 2.26. The molecule has 0 aliphatic heterocycles. The summed E-state index contributed by atoms with van der Waals surface area (Å²) < 4.78 is 5.13. The number of amides is 2. The van der Waals surface area contributed by atoms with Crippen molar-refractivity contribution in [2.24, 2.45) is 0 Å². The fourth-order valence-electron chi connectivity index (χ4n) is 2.24. The van der Waals surface area contributed by atoms with Gasteiger partial charge in [-0.25, -0.2) is 0 Å². The van der Waals surface area contributed by atoms with Gasteiger partial charge in [0.15, 0.2) is 12.6 Å². The number of benzene rings is 1. The van der Waals surface area contributed by atoms with Gasteiger partial charge in [0.2, 0.25) is 0 Å². The molecule has 3 N–H and O–H groups in total. The Labute approximate surface area is 152 Å². The molecule has 0 aliphatic rings. The van der Waals surface area contributed by atoms with E-state index in [1.54, 1.807) is 14.0 Å². The van der Waals surface area contributed by atoms with Crippen molar-refractivity contribution in [1.29, 1.82) is 0 Å². The zero-order chi connectivity index (χ0) is 20.1. The summed E-state index contributed by atoms with van der Waals surface area (Å²) in [6, 6.07) is 3.41. The van der Waals surface area contributed by atoms with Crippen LogP contribution in [0, 0.1) is 10.1 Å². The van der Waals surface area contributed by atoms with Crippen LogP contribution in [0.3, 0.4) is 0 Å². The number of anilines is 1. The predicted octanol–water partition coefficient (Wildman–Crippen LogP) is 0.360. The van der Waals surface area contributed by atoms with Crippen molar-refractivity contribution < 1.29 is 24.1 Å². The van der Waals surface area contributed by atoms with E-state index >= 15 is 0 Å². The van der Waals surface area contributed by atoms with Gasteiger partial charge in [0.25, 0.3) is 17.5 Å². The minimum Gasteiger partial charge on any atom is -0.495 e. The first-order valence-corrected chi connectivity index (χ1v) is 8.21. The van der Waals surface area contributed by atoms with E-state index in [0.29, 0.717) is 10.6 Å². The average molecular weight is 367 g/mol. The van der Waals surface area contributed by atoms with Crippen LogP contribution >= 0.6 is 0 Å². The quantitative estimate of drug-likeness (QED) is 0.475. The molecule has 0 spiro atoms. The van der Waals surface area contributed by atoms with Crippen molar-refractivity contribution in [3.63, 3.8) is 0 Å². The van der Waals surface area contributed by atoms with Gasteiger partial charge in [-0.15, -0.1) is 0 Å². The maximum absolute atomic E-state index is 12.5. The Bertz CT molecular complexity index is 684. The monoisotopic (exact) mass is 367 g/mol. The number of rotatable bonds is 7. The molecule has 2 amide bonds. The van der Waals surface area contributed by atoms with Crippen LogP contribution in [0.2, 0.25) is 0 Å². The molecule has 0 saturated carbocycles. The number of nitro groups is 1. The van der Waals surface area contributed by atoms with Crippen LogP contribution < -0.4 is 20.3 Å². The number of ether oxygens (including phenoxy) is 1. The number of nitrogens with one attached hydrogen (secondary N) is 3. The van der Waals surface area contributed by atoms with Gasteiger partial charge in [-0.3, -0.25) is 19.7 Å². The number of hydrogen-bond acceptors (Lipinski definition) is 5. The summed E-state index contributed by atoms with van der Waals surface area (Å²) in [7, 11) is 3.14. The predicted molar refractivity (Wildman–Crippen MR) is 97.4 cm³/mol. The Morgan fingerprint density at radius 3 is 2.46 bits per heavy atom. The third-order valence-corrected chi connectivity index (χ3v) is 3.74. The number of carbonyl (C=O) groups excluding carboxylic acids is 2. The van der Waals surface area contributed by atoms with E-state index < -0.39 is 11.0 Å². The summed E-state index contributed by atoms with van der Waals surface area (Å²) in [6.45, 7) is 7.44. The smallest absolute Gasteiger partial charge is 0.282 e. The highest BCUT2D eigenvalue weighted by atomic mass is 16.6. The lowest BCUT2D eigenvalue weighted by Crippen LogP contribution is -3.15. The van der Waals surface area contributed by atoms with Crippen molar-refractivity contribution in [3.8, 4) is 5.75 Å². The van der Waals surface area contributed by atoms with E-state index in [1.807, 2.05) is 20.8 Å². The second-order valence-electron chi connectivity index (χ2n) is 7.17. The standard InChI is InChI=1S/C17H26N4O5/c1-11(20(5)10-15(22)19-17(2,3)4)16(23)18-13-9-12(21(24)25)7-8-14(13)26-6/h7-9,11H,10H2,1-6H3,(H,18,23)(H,19,22)/p+1/t11-/m1/s1. The number of quaternary nitrogens is 1. The Morgan fingerprint density at radius 1 is 1.35 bits per heavy atom. The number of carbonyl (C=O) groups is 2. The lowest BCUT2D eigenvalue weighted by molar-refractivity contribution is -0.885. The molecule has 9 heteroatoms. The van der Waals surface area contributed by atoms with Crippen molar-refractivity contribution >= 4 is 23.2 Å². The molecule has 1 aromatic rings. The number of methoxy groups -OCH3 is 1. The molecule has 0 fully saturated rings. The molecular weight excluding hydrogens is 340 g/mol. The van der Waals surface area contributed by atoms with Gasteiger partial charge in [-0.1, -0.05) is 0 Å². The molecule has 0 aromatic heterocycles. The molecule has 0 saturated heterocycles. The molecule has 9 nitrogen and oxygen atoms in total. The number of nitrogens with zero attached hydrogens (tertiary/aromatic N) is 1. The van der Waals surface area contributed by atoms with Crippen molar-refractivity contribution in [2.45, 2.75) is 39.3 Å². The third-order valence-electron chi connectivity index (χ3n) is 3.74. The highest BCUT2D eigenvalue weighted by molar-refractivity contribution is 5.95. The van der Waals surface area contributed by atoms with E-state index in [9.17, 15) is 19.7 Å². The summed E-state index contributed by atoms with van der Waals surface area (Å²) in [5.74, 6) is -0.216. The zero-order valence-corrected chi connectivity index (χ0v) is 16.0. The average Bonchev–Trinajstić information content (AvgIpc) is 2.51. The Kier molecular flexibility index (Phi) is 7.08. The van der Waals surface area contributed by atoms with E-state index in [4.69, 9.17) is 4.74 Å². The number of nitro benzene ring substituents is 1. The van der Waals surface area contributed by atoms with Gasteiger partial charge in [-0.05, 0) is 33.8 Å². The van der Waals surface area contributed by atoms with Crippen LogP contribution in [0.25, 0.3) is 0 Å². The molecule has 2 atom stereocenters. The van der Waals surface area contributed by atoms with Crippen molar-refractivity contribution in [1.82, 2.24) is 5.32 Å². The Balaban J connectivity index is 2.82. The van der Waals surface area contributed by atoms with Gasteiger partial charge in [0.1, 0.15) is 5.75 Å². The first kappa shape index (κ1) is 21.4. The van der Waals surface area contributed by atoms with Crippen LogP contribution in [0.1, 0.15) is 27.7 Å². The Morgan fingerprint density at radius 2 is 1.96 bits per heavy atom. The topological polar surface area (TPSA) is 115 Å². The third kappa shape index (κ3) is 6.32. The molecule has 0 bridgehead atoms. The maximum Gasteiger partial charge on any atom is 0.282 e. The van der Waals surface area contributed by atoms with Gasteiger partial charge in [-0.2, -0.15) is 0 Å². The summed E-state index contributed by atoms with van der Waals surface area (Å²) in [5.41, 5.74) is -0.288. The second kappa shape index (κ2) is 8.61. The molecule has 0 aliphatic carbocycles. The van der Waals surface area contributed by atoms with Gasteiger partial charge >= 0.3 is 0 Å². The highest BCUT2D eigenvalue weighted by Crippen LogP contribution is 2.28. The fraction of sp³-hybridized carbons (Fsp3) is 0.529. The fourth-order valence-corrected chi connectivity index (χ4v) is 2.24. The van der Waals surface area contributed by atoms with Crippen molar-refractivity contribution in [2.75, 3.05) is 26.0 Å². The van der Waals surface area contributed by atoms with E-state index in [1.165, 1.54) is 25.3 Å². The summed E-state index contributed by atoms with van der Waals surface area (Å²) in [6.07, 6.45) is 0. The summed E-state index contributed by atoms with van der Waals surface area (Å²) >= 11 is 0. The minimum atomic E-state index is -0.551. The largest absolute Gasteiger partial charge is 0.495 e. The molecule has 0 radical (unpaired) electrons. The second-order valence-corrected chi connectivity index (χ2v) is 7.17. The lowest BCUT2D eigenvalue weighted by Gasteiger charge is -2.24. The van der Waals surface area contributed by atoms with Gasteiger partial charge in [0, 0.05) is 17.7 Å². The molecule has 1 aromatic carbocycles. The van der Waals surface area contributed by atoms with E-state index in [-0.39, 0.29) is 35.3 Å². The Hall–Kier alpha value is -2.68. The van der Waals surface area contributed by atoms with Gasteiger partial charge < -0.3 is 20.3 Å². The number of likely N-dealkylation sites (N-methyl/N-ethyl adjacent to an activating group) is 1. The zero-order valence-electron chi connectivity index (χ0n) is 16.0. The molecule has 1 unspecified atom stereocenters. The molecule has 0 heterocycles. The normalized spacial score (nSPS) is 13.5.